The third-order valence-corrected chi connectivity index (χ3v) is 3.81. The zero-order valence-electron chi connectivity index (χ0n) is 14.0. The van der Waals surface area contributed by atoms with Crippen LogP contribution >= 0.6 is 0 Å². The minimum Gasteiger partial charge on any atom is -0.345 e. The molecule has 3 rings (SSSR count). The van der Waals surface area contributed by atoms with E-state index in [1.54, 1.807) is 36.7 Å². The standard InChI is InChI=1S/C18H19N5O2/c1-2-3-11-23-16-14(8-6-10-20-16)22-15(18(23)25)17(24)21-12-13-7-4-5-9-19-13/h4-10H,2-3,11-12H2,1H3,(H,21,24). The molecule has 7 heteroatoms. The number of fused-ring (bicyclic) bond motifs is 1. The van der Waals surface area contributed by atoms with Gasteiger partial charge in [0, 0.05) is 18.9 Å². The number of hydrogen-bond acceptors (Lipinski definition) is 5. The monoisotopic (exact) mass is 337 g/mol. The van der Waals surface area contributed by atoms with Crippen LogP contribution in [0.3, 0.4) is 0 Å². The fourth-order valence-corrected chi connectivity index (χ4v) is 2.50. The number of amides is 1. The van der Waals surface area contributed by atoms with Gasteiger partial charge in [-0.15, -0.1) is 0 Å². The van der Waals surface area contributed by atoms with Crippen molar-refractivity contribution < 1.29 is 4.79 Å². The summed E-state index contributed by atoms with van der Waals surface area (Å²) in [6.45, 7) is 2.79. The molecule has 7 nitrogen and oxygen atoms in total. The fourth-order valence-electron chi connectivity index (χ4n) is 2.50. The number of aryl methyl sites for hydroxylation is 1. The maximum absolute atomic E-state index is 12.7. The maximum atomic E-state index is 12.7. The summed E-state index contributed by atoms with van der Waals surface area (Å²) in [6, 6.07) is 8.93. The summed E-state index contributed by atoms with van der Waals surface area (Å²) in [5.41, 5.74) is 1.21. The van der Waals surface area contributed by atoms with E-state index in [-0.39, 0.29) is 12.2 Å². The Bertz CT molecular complexity index is 937. The van der Waals surface area contributed by atoms with E-state index in [0.717, 1.165) is 12.8 Å². The van der Waals surface area contributed by atoms with E-state index in [4.69, 9.17) is 0 Å². The van der Waals surface area contributed by atoms with Crippen LogP contribution in [0.4, 0.5) is 0 Å². The Morgan fingerprint density at radius 1 is 1.16 bits per heavy atom. The highest BCUT2D eigenvalue weighted by Gasteiger charge is 2.17. The lowest BCUT2D eigenvalue weighted by atomic mass is 10.3. The van der Waals surface area contributed by atoms with Crippen molar-refractivity contribution in [3.63, 3.8) is 0 Å². The summed E-state index contributed by atoms with van der Waals surface area (Å²) in [7, 11) is 0. The number of nitrogens with zero attached hydrogens (tertiary/aromatic N) is 4. The zero-order valence-corrected chi connectivity index (χ0v) is 14.0. The number of pyridine rings is 2. The first-order valence-corrected chi connectivity index (χ1v) is 8.24. The fraction of sp³-hybridized carbons (Fsp3) is 0.278. The van der Waals surface area contributed by atoms with Crippen molar-refractivity contribution in [2.24, 2.45) is 0 Å². The van der Waals surface area contributed by atoms with Gasteiger partial charge in [-0.2, -0.15) is 0 Å². The number of rotatable bonds is 6. The smallest absolute Gasteiger partial charge is 0.283 e. The van der Waals surface area contributed by atoms with Gasteiger partial charge in [0.1, 0.15) is 5.52 Å². The van der Waals surface area contributed by atoms with Crippen LogP contribution in [0.2, 0.25) is 0 Å². The van der Waals surface area contributed by atoms with Crippen LogP contribution in [-0.2, 0) is 13.1 Å². The third-order valence-electron chi connectivity index (χ3n) is 3.81. The van der Waals surface area contributed by atoms with Gasteiger partial charge in [0.2, 0.25) is 0 Å². The Hall–Kier alpha value is -3.09. The molecule has 0 aliphatic carbocycles. The molecule has 1 N–H and O–H groups in total. The van der Waals surface area contributed by atoms with Crippen LogP contribution in [0.15, 0.2) is 47.5 Å². The Kier molecular flexibility index (Phi) is 5.13. The predicted octanol–water partition coefficient (Wildman–Crippen LogP) is 1.92. The molecule has 0 aromatic carbocycles. The highest BCUT2D eigenvalue weighted by atomic mass is 16.2. The van der Waals surface area contributed by atoms with Crippen molar-refractivity contribution in [2.45, 2.75) is 32.9 Å². The zero-order chi connectivity index (χ0) is 17.6. The second kappa shape index (κ2) is 7.65. The lowest BCUT2D eigenvalue weighted by Crippen LogP contribution is -2.35. The molecule has 0 radical (unpaired) electrons. The van der Waals surface area contributed by atoms with E-state index in [0.29, 0.717) is 23.4 Å². The predicted molar refractivity (Wildman–Crippen MR) is 94.1 cm³/mol. The van der Waals surface area contributed by atoms with Crippen LogP contribution in [0, 0.1) is 0 Å². The average Bonchev–Trinajstić information content (AvgIpc) is 2.66. The first kappa shape index (κ1) is 16.8. The second-order valence-corrected chi connectivity index (χ2v) is 5.62. The molecule has 0 saturated carbocycles. The molecular weight excluding hydrogens is 318 g/mol. The van der Waals surface area contributed by atoms with Gasteiger partial charge in [-0.25, -0.2) is 9.97 Å². The van der Waals surface area contributed by atoms with E-state index in [1.165, 1.54) is 4.57 Å². The number of hydrogen-bond donors (Lipinski definition) is 1. The molecule has 3 heterocycles. The number of nitrogens with one attached hydrogen (secondary N) is 1. The van der Waals surface area contributed by atoms with Crippen molar-refractivity contribution in [1.29, 1.82) is 0 Å². The first-order valence-electron chi connectivity index (χ1n) is 8.24. The summed E-state index contributed by atoms with van der Waals surface area (Å²) < 4.78 is 1.53. The van der Waals surface area contributed by atoms with Gasteiger partial charge in [-0.05, 0) is 30.7 Å². The molecular formula is C18H19N5O2. The number of unbranched alkanes of at least 4 members (excludes halogenated alkanes) is 1. The molecule has 0 unspecified atom stereocenters. The topological polar surface area (TPSA) is 89.8 Å². The Balaban J connectivity index is 1.93. The second-order valence-electron chi connectivity index (χ2n) is 5.62. The summed E-state index contributed by atoms with van der Waals surface area (Å²) in [6.07, 6.45) is 5.03. The van der Waals surface area contributed by atoms with E-state index in [2.05, 4.69) is 20.3 Å². The van der Waals surface area contributed by atoms with Gasteiger partial charge in [0.05, 0.1) is 12.2 Å². The molecule has 0 bridgehead atoms. The number of carbonyl (C=O) groups excluding carboxylic acids is 1. The van der Waals surface area contributed by atoms with E-state index in [1.807, 2.05) is 13.0 Å². The largest absolute Gasteiger partial charge is 0.345 e. The van der Waals surface area contributed by atoms with Crippen molar-refractivity contribution >= 4 is 17.1 Å². The molecule has 25 heavy (non-hydrogen) atoms. The Morgan fingerprint density at radius 3 is 2.76 bits per heavy atom. The van der Waals surface area contributed by atoms with Crippen molar-refractivity contribution in [3.8, 4) is 0 Å². The molecule has 0 saturated heterocycles. The minimum absolute atomic E-state index is 0.118. The molecule has 128 valence electrons. The maximum Gasteiger partial charge on any atom is 0.283 e. The lowest BCUT2D eigenvalue weighted by molar-refractivity contribution is 0.0943. The summed E-state index contributed by atoms with van der Waals surface area (Å²) in [5, 5.41) is 2.71. The van der Waals surface area contributed by atoms with Crippen molar-refractivity contribution in [2.75, 3.05) is 0 Å². The van der Waals surface area contributed by atoms with Gasteiger partial charge >= 0.3 is 0 Å². The van der Waals surface area contributed by atoms with Crippen molar-refractivity contribution in [3.05, 3.63) is 64.5 Å². The van der Waals surface area contributed by atoms with Crippen LogP contribution in [-0.4, -0.2) is 25.4 Å². The van der Waals surface area contributed by atoms with E-state index >= 15 is 0 Å². The van der Waals surface area contributed by atoms with Crippen LogP contribution in [0.5, 0.6) is 0 Å². The van der Waals surface area contributed by atoms with Gasteiger partial charge in [0.25, 0.3) is 11.5 Å². The molecule has 1 amide bonds. The Labute approximate surface area is 144 Å². The number of carbonyl (C=O) groups is 1. The van der Waals surface area contributed by atoms with Crippen molar-refractivity contribution in [1.82, 2.24) is 24.8 Å². The highest BCUT2D eigenvalue weighted by Crippen LogP contribution is 2.08. The quantitative estimate of drug-likeness (QED) is 0.742. The van der Waals surface area contributed by atoms with E-state index < -0.39 is 11.5 Å². The molecule has 0 atom stereocenters. The van der Waals surface area contributed by atoms with Gasteiger partial charge in [-0.3, -0.25) is 19.1 Å². The molecule has 0 spiro atoms. The summed E-state index contributed by atoms with van der Waals surface area (Å²) in [5.74, 6) is -0.508. The van der Waals surface area contributed by atoms with Crippen LogP contribution in [0.25, 0.3) is 11.2 Å². The Morgan fingerprint density at radius 2 is 2.00 bits per heavy atom. The normalized spacial score (nSPS) is 10.8. The lowest BCUT2D eigenvalue weighted by Gasteiger charge is -2.11. The molecule has 3 aromatic rings. The van der Waals surface area contributed by atoms with E-state index in [9.17, 15) is 9.59 Å². The van der Waals surface area contributed by atoms with Crippen LogP contribution < -0.4 is 10.9 Å². The van der Waals surface area contributed by atoms with Crippen LogP contribution in [0.1, 0.15) is 35.9 Å². The first-order chi connectivity index (χ1) is 12.2. The number of aromatic nitrogens is 4. The van der Waals surface area contributed by atoms with Gasteiger partial charge in [-0.1, -0.05) is 19.4 Å². The summed E-state index contributed by atoms with van der Waals surface area (Å²) >= 11 is 0. The minimum atomic E-state index is -0.508. The molecule has 0 aliphatic rings. The molecule has 0 fully saturated rings. The average molecular weight is 337 g/mol. The third kappa shape index (κ3) is 3.71. The SMILES string of the molecule is CCCCn1c(=O)c(C(=O)NCc2ccccn2)nc2cccnc21. The summed E-state index contributed by atoms with van der Waals surface area (Å²) in [4.78, 5) is 37.8. The van der Waals surface area contributed by atoms with Gasteiger partial charge in [0.15, 0.2) is 11.3 Å². The molecule has 0 aliphatic heterocycles. The van der Waals surface area contributed by atoms with Gasteiger partial charge < -0.3 is 5.32 Å². The molecule has 3 aromatic heterocycles. The highest BCUT2D eigenvalue weighted by molar-refractivity contribution is 5.93.